The maximum atomic E-state index is 12.3. The average molecular weight is 242 g/mol. The molecule has 1 aliphatic heterocycles. The van der Waals surface area contributed by atoms with Gasteiger partial charge in [0.15, 0.2) is 6.29 Å². The molecule has 0 aromatic carbocycles. The van der Waals surface area contributed by atoms with E-state index in [1.807, 2.05) is 0 Å². The van der Waals surface area contributed by atoms with Crippen molar-refractivity contribution >= 4 is 0 Å². The summed E-state index contributed by atoms with van der Waals surface area (Å²) in [5.74, 6) is 0. The van der Waals surface area contributed by atoms with Crippen LogP contribution < -0.4 is 5.32 Å². The van der Waals surface area contributed by atoms with Gasteiger partial charge in [0, 0.05) is 19.6 Å². The van der Waals surface area contributed by atoms with Crippen molar-refractivity contribution in [3.8, 4) is 0 Å². The van der Waals surface area contributed by atoms with E-state index in [-0.39, 0.29) is 6.54 Å². The highest BCUT2D eigenvalue weighted by molar-refractivity contribution is 4.67. The standard InChI is InChI=1S/C9H17F3N2O2/c1-13-2-3-14(7-9(10,11)12)6-8-15-4-5-16-8/h8,13H,2-7H2,1H3. The van der Waals surface area contributed by atoms with Crippen LogP contribution in [0.25, 0.3) is 0 Å². The monoisotopic (exact) mass is 242 g/mol. The summed E-state index contributed by atoms with van der Waals surface area (Å²) in [4.78, 5) is 1.28. The van der Waals surface area contributed by atoms with E-state index in [2.05, 4.69) is 5.32 Å². The molecule has 1 aliphatic rings. The zero-order valence-corrected chi connectivity index (χ0v) is 9.22. The number of rotatable bonds is 6. The summed E-state index contributed by atoms with van der Waals surface area (Å²) >= 11 is 0. The summed E-state index contributed by atoms with van der Waals surface area (Å²) in [6.07, 6.45) is -4.72. The Balaban J connectivity index is 2.35. The van der Waals surface area contributed by atoms with E-state index in [1.54, 1.807) is 7.05 Å². The largest absolute Gasteiger partial charge is 0.401 e. The fourth-order valence-corrected chi connectivity index (χ4v) is 1.48. The molecule has 16 heavy (non-hydrogen) atoms. The lowest BCUT2D eigenvalue weighted by atomic mass is 10.4. The summed E-state index contributed by atoms with van der Waals surface area (Å²) in [7, 11) is 1.70. The van der Waals surface area contributed by atoms with Crippen LogP contribution in [0.15, 0.2) is 0 Å². The van der Waals surface area contributed by atoms with Gasteiger partial charge in [-0.25, -0.2) is 0 Å². The van der Waals surface area contributed by atoms with Crippen molar-refractivity contribution in [1.82, 2.24) is 10.2 Å². The van der Waals surface area contributed by atoms with Crippen LogP contribution in [0.3, 0.4) is 0 Å². The van der Waals surface area contributed by atoms with E-state index in [0.717, 1.165) is 0 Å². The van der Waals surface area contributed by atoms with Gasteiger partial charge in [-0.3, -0.25) is 4.90 Å². The minimum Gasteiger partial charge on any atom is -0.349 e. The highest BCUT2D eigenvalue weighted by Crippen LogP contribution is 2.17. The molecule has 0 unspecified atom stereocenters. The van der Waals surface area contributed by atoms with Crippen LogP contribution in [0, 0.1) is 0 Å². The van der Waals surface area contributed by atoms with Gasteiger partial charge < -0.3 is 14.8 Å². The number of hydrogen-bond acceptors (Lipinski definition) is 4. The van der Waals surface area contributed by atoms with Crippen LogP contribution in [0.1, 0.15) is 0 Å². The van der Waals surface area contributed by atoms with Crippen LogP contribution in [-0.4, -0.2) is 63.8 Å². The Kier molecular flexibility index (Phi) is 5.47. The summed E-state index contributed by atoms with van der Waals surface area (Å²) in [5, 5.41) is 2.82. The summed E-state index contributed by atoms with van der Waals surface area (Å²) in [6.45, 7) is 0.953. The molecule has 0 aromatic rings. The third-order valence-electron chi connectivity index (χ3n) is 2.18. The Morgan fingerprint density at radius 1 is 1.31 bits per heavy atom. The molecule has 0 aliphatic carbocycles. The molecular weight excluding hydrogens is 225 g/mol. The van der Waals surface area contributed by atoms with Gasteiger partial charge in [0.25, 0.3) is 0 Å². The summed E-state index contributed by atoms with van der Waals surface area (Å²) in [6, 6.07) is 0. The number of nitrogens with zero attached hydrogens (tertiary/aromatic N) is 1. The second-order valence-electron chi connectivity index (χ2n) is 3.62. The van der Waals surface area contributed by atoms with Crippen molar-refractivity contribution in [2.75, 3.05) is 46.4 Å². The zero-order chi connectivity index (χ0) is 12.0. The molecule has 0 atom stereocenters. The van der Waals surface area contributed by atoms with Gasteiger partial charge in [-0.05, 0) is 7.05 Å². The van der Waals surface area contributed by atoms with Crippen LogP contribution in [-0.2, 0) is 9.47 Å². The zero-order valence-electron chi connectivity index (χ0n) is 9.22. The van der Waals surface area contributed by atoms with E-state index in [4.69, 9.17) is 9.47 Å². The first-order valence-corrected chi connectivity index (χ1v) is 5.18. The number of nitrogens with one attached hydrogen (secondary N) is 1. The second kappa shape index (κ2) is 6.39. The Hall–Kier alpha value is -0.370. The first kappa shape index (κ1) is 13.7. The van der Waals surface area contributed by atoms with Crippen molar-refractivity contribution < 1.29 is 22.6 Å². The third-order valence-corrected chi connectivity index (χ3v) is 2.18. The topological polar surface area (TPSA) is 33.7 Å². The lowest BCUT2D eigenvalue weighted by Gasteiger charge is -2.25. The van der Waals surface area contributed by atoms with Crippen molar-refractivity contribution in [2.45, 2.75) is 12.5 Å². The van der Waals surface area contributed by atoms with Gasteiger partial charge in [-0.2, -0.15) is 13.2 Å². The molecule has 1 N–H and O–H groups in total. The molecule has 7 heteroatoms. The van der Waals surface area contributed by atoms with Crippen molar-refractivity contribution in [2.24, 2.45) is 0 Å². The van der Waals surface area contributed by atoms with Crippen molar-refractivity contribution in [1.29, 1.82) is 0 Å². The minimum atomic E-state index is -4.19. The first-order chi connectivity index (χ1) is 7.51. The molecule has 0 saturated carbocycles. The Morgan fingerprint density at radius 2 is 1.94 bits per heavy atom. The Labute approximate surface area is 92.7 Å². The lowest BCUT2D eigenvalue weighted by Crippen LogP contribution is -2.42. The number of likely N-dealkylation sites (N-methyl/N-ethyl adjacent to an activating group) is 1. The van der Waals surface area contributed by atoms with E-state index in [0.29, 0.717) is 26.3 Å². The molecule has 96 valence electrons. The van der Waals surface area contributed by atoms with E-state index < -0.39 is 19.0 Å². The fraction of sp³-hybridized carbons (Fsp3) is 1.00. The average Bonchev–Trinajstić information content (AvgIpc) is 2.64. The molecule has 0 bridgehead atoms. The van der Waals surface area contributed by atoms with E-state index in [9.17, 15) is 13.2 Å². The predicted octanol–water partition coefficient (Wildman–Crippen LogP) is 0.443. The maximum Gasteiger partial charge on any atom is 0.401 e. The molecule has 4 nitrogen and oxygen atoms in total. The van der Waals surface area contributed by atoms with Crippen LogP contribution in [0.5, 0.6) is 0 Å². The first-order valence-electron chi connectivity index (χ1n) is 5.18. The molecule has 1 saturated heterocycles. The predicted molar refractivity (Wildman–Crippen MR) is 52.1 cm³/mol. The molecule has 0 aromatic heterocycles. The molecule has 0 amide bonds. The highest BCUT2D eigenvalue weighted by Gasteiger charge is 2.32. The molecular formula is C9H17F3N2O2. The lowest BCUT2D eigenvalue weighted by molar-refractivity contribution is -0.155. The van der Waals surface area contributed by atoms with Crippen LogP contribution in [0.4, 0.5) is 13.2 Å². The molecule has 0 radical (unpaired) electrons. The van der Waals surface area contributed by atoms with Crippen LogP contribution >= 0.6 is 0 Å². The summed E-state index contributed by atoms with van der Waals surface area (Å²) < 4.78 is 47.0. The molecule has 1 fully saturated rings. The minimum absolute atomic E-state index is 0.154. The number of halogens is 3. The SMILES string of the molecule is CNCCN(CC1OCCO1)CC(F)(F)F. The summed E-state index contributed by atoms with van der Waals surface area (Å²) in [5.41, 5.74) is 0. The number of hydrogen-bond donors (Lipinski definition) is 1. The molecule has 1 heterocycles. The van der Waals surface area contributed by atoms with E-state index >= 15 is 0 Å². The Morgan fingerprint density at radius 3 is 2.44 bits per heavy atom. The van der Waals surface area contributed by atoms with Gasteiger partial charge in [0.1, 0.15) is 0 Å². The molecule has 1 rings (SSSR count). The van der Waals surface area contributed by atoms with Gasteiger partial charge in [-0.1, -0.05) is 0 Å². The van der Waals surface area contributed by atoms with Gasteiger partial charge in [0.2, 0.25) is 0 Å². The third kappa shape index (κ3) is 5.64. The normalized spacial score (nSPS) is 18.6. The second-order valence-corrected chi connectivity index (χ2v) is 3.62. The quantitative estimate of drug-likeness (QED) is 0.733. The number of ether oxygens (including phenoxy) is 2. The smallest absolute Gasteiger partial charge is 0.349 e. The Bertz CT molecular complexity index is 196. The van der Waals surface area contributed by atoms with Crippen molar-refractivity contribution in [3.63, 3.8) is 0 Å². The van der Waals surface area contributed by atoms with Gasteiger partial charge in [-0.15, -0.1) is 0 Å². The highest BCUT2D eigenvalue weighted by atomic mass is 19.4. The molecule has 0 spiro atoms. The van der Waals surface area contributed by atoms with E-state index in [1.165, 1.54) is 4.90 Å². The fourth-order valence-electron chi connectivity index (χ4n) is 1.48. The van der Waals surface area contributed by atoms with Gasteiger partial charge in [0.05, 0.1) is 19.8 Å². The van der Waals surface area contributed by atoms with Crippen molar-refractivity contribution in [3.05, 3.63) is 0 Å². The number of alkyl halides is 3. The maximum absolute atomic E-state index is 12.3. The van der Waals surface area contributed by atoms with Gasteiger partial charge >= 0.3 is 6.18 Å². The van der Waals surface area contributed by atoms with Crippen LogP contribution in [0.2, 0.25) is 0 Å².